The SMILES string of the molecule is Cc1ccc(SCc2cc(Cl)c3c(c2)OCCO3)c(N)c1. The van der Waals surface area contributed by atoms with E-state index in [1.54, 1.807) is 11.8 Å². The summed E-state index contributed by atoms with van der Waals surface area (Å²) in [5, 5.41) is 0.597. The molecule has 0 saturated heterocycles. The second-order valence-corrected chi connectivity index (χ2v) is 6.36. The summed E-state index contributed by atoms with van der Waals surface area (Å²) in [4.78, 5) is 1.08. The van der Waals surface area contributed by atoms with Gasteiger partial charge in [-0.3, -0.25) is 0 Å². The van der Waals surface area contributed by atoms with Crippen LogP contribution in [0.25, 0.3) is 0 Å². The number of ether oxygens (including phenoxy) is 2. The molecule has 0 unspecified atom stereocenters. The summed E-state index contributed by atoms with van der Waals surface area (Å²) in [6.45, 7) is 3.14. The van der Waals surface area contributed by atoms with Gasteiger partial charge in [0.05, 0.1) is 5.02 Å². The molecule has 0 amide bonds. The van der Waals surface area contributed by atoms with Crippen molar-refractivity contribution in [1.29, 1.82) is 0 Å². The Labute approximate surface area is 133 Å². The Kier molecular flexibility index (Phi) is 4.17. The largest absolute Gasteiger partial charge is 0.486 e. The molecular weight excluding hydrogens is 306 g/mol. The Morgan fingerprint density at radius 2 is 2.00 bits per heavy atom. The predicted molar refractivity (Wildman–Crippen MR) is 87.6 cm³/mol. The smallest absolute Gasteiger partial charge is 0.179 e. The van der Waals surface area contributed by atoms with Gasteiger partial charge in [-0.15, -0.1) is 11.8 Å². The number of nitrogens with two attached hydrogens (primary N) is 1. The third-order valence-corrected chi connectivity index (χ3v) is 4.66. The highest BCUT2D eigenvalue weighted by Crippen LogP contribution is 2.40. The molecule has 0 atom stereocenters. The van der Waals surface area contributed by atoms with Gasteiger partial charge in [0, 0.05) is 16.3 Å². The summed E-state index contributed by atoms with van der Waals surface area (Å²) in [5.41, 5.74) is 9.10. The van der Waals surface area contributed by atoms with Gasteiger partial charge in [0.2, 0.25) is 0 Å². The van der Waals surface area contributed by atoms with Gasteiger partial charge in [-0.05, 0) is 42.3 Å². The highest BCUT2D eigenvalue weighted by Gasteiger charge is 2.16. The van der Waals surface area contributed by atoms with Crippen LogP contribution in [0, 0.1) is 6.92 Å². The number of hydrogen-bond acceptors (Lipinski definition) is 4. The molecular formula is C16H16ClNO2S. The first-order valence-corrected chi connectivity index (χ1v) is 8.07. The van der Waals surface area contributed by atoms with Gasteiger partial charge in [0.15, 0.2) is 11.5 Å². The Morgan fingerprint density at radius 3 is 2.81 bits per heavy atom. The van der Waals surface area contributed by atoms with Crippen LogP contribution in [0.15, 0.2) is 35.2 Å². The molecule has 3 nitrogen and oxygen atoms in total. The average Bonchev–Trinajstić information content (AvgIpc) is 2.46. The second-order valence-electron chi connectivity index (χ2n) is 4.93. The van der Waals surface area contributed by atoms with E-state index in [-0.39, 0.29) is 0 Å². The van der Waals surface area contributed by atoms with Crippen LogP contribution < -0.4 is 15.2 Å². The monoisotopic (exact) mass is 321 g/mol. The molecule has 0 saturated carbocycles. The number of anilines is 1. The summed E-state index contributed by atoms with van der Waals surface area (Å²) in [5.74, 6) is 2.15. The van der Waals surface area contributed by atoms with Crippen LogP contribution in [-0.4, -0.2) is 13.2 Å². The molecule has 1 aliphatic heterocycles. The Morgan fingerprint density at radius 1 is 1.19 bits per heavy atom. The minimum atomic E-state index is 0.542. The van der Waals surface area contributed by atoms with Crippen LogP contribution in [0.3, 0.4) is 0 Å². The van der Waals surface area contributed by atoms with Crippen molar-refractivity contribution in [2.75, 3.05) is 18.9 Å². The molecule has 0 spiro atoms. The summed E-state index contributed by atoms with van der Waals surface area (Å²) in [6.07, 6.45) is 0. The third-order valence-electron chi connectivity index (χ3n) is 3.22. The summed E-state index contributed by atoms with van der Waals surface area (Å²) in [6, 6.07) is 10.0. The highest BCUT2D eigenvalue weighted by molar-refractivity contribution is 7.98. The van der Waals surface area contributed by atoms with E-state index in [0.717, 1.165) is 27.6 Å². The van der Waals surface area contributed by atoms with E-state index >= 15 is 0 Å². The molecule has 1 aliphatic rings. The van der Waals surface area contributed by atoms with Crippen molar-refractivity contribution in [3.8, 4) is 11.5 Å². The Hall–Kier alpha value is -1.52. The zero-order valence-corrected chi connectivity index (χ0v) is 13.3. The third kappa shape index (κ3) is 3.22. The number of halogens is 1. The fourth-order valence-electron chi connectivity index (χ4n) is 2.21. The number of hydrogen-bond donors (Lipinski definition) is 1. The van der Waals surface area contributed by atoms with E-state index in [9.17, 15) is 0 Å². The summed E-state index contributed by atoms with van der Waals surface area (Å²) < 4.78 is 11.1. The van der Waals surface area contributed by atoms with E-state index in [1.807, 2.05) is 25.1 Å². The van der Waals surface area contributed by atoms with Crippen LogP contribution in [0.4, 0.5) is 5.69 Å². The molecule has 2 aromatic carbocycles. The molecule has 0 bridgehead atoms. The number of fused-ring (bicyclic) bond motifs is 1. The average molecular weight is 322 g/mol. The van der Waals surface area contributed by atoms with Gasteiger partial charge < -0.3 is 15.2 Å². The topological polar surface area (TPSA) is 44.5 Å². The lowest BCUT2D eigenvalue weighted by Gasteiger charge is -2.20. The fraction of sp³-hybridized carbons (Fsp3) is 0.250. The Balaban J connectivity index is 1.77. The van der Waals surface area contributed by atoms with Gasteiger partial charge >= 0.3 is 0 Å². The molecule has 2 N–H and O–H groups in total. The lowest BCUT2D eigenvalue weighted by atomic mass is 10.2. The predicted octanol–water partition coefficient (Wildman–Crippen LogP) is 4.29. The van der Waals surface area contributed by atoms with Crippen molar-refractivity contribution in [3.63, 3.8) is 0 Å². The Bertz CT molecular complexity index is 676. The first kappa shape index (κ1) is 14.4. The molecule has 3 rings (SSSR count). The fourth-order valence-corrected chi connectivity index (χ4v) is 3.37. The molecule has 0 radical (unpaired) electrons. The number of aryl methyl sites for hydroxylation is 1. The molecule has 0 aliphatic carbocycles. The maximum atomic E-state index is 6.24. The lowest BCUT2D eigenvalue weighted by molar-refractivity contribution is 0.171. The first-order chi connectivity index (χ1) is 10.1. The highest BCUT2D eigenvalue weighted by atomic mass is 35.5. The first-order valence-electron chi connectivity index (χ1n) is 6.70. The van der Waals surface area contributed by atoms with Gasteiger partial charge in [-0.2, -0.15) is 0 Å². The van der Waals surface area contributed by atoms with Crippen LogP contribution in [0.2, 0.25) is 5.02 Å². The van der Waals surface area contributed by atoms with Crippen molar-refractivity contribution in [3.05, 3.63) is 46.5 Å². The van der Waals surface area contributed by atoms with Crippen molar-refractivity contribution in [2.45, 2.75) is 17.6 Å². The van der Waals surface area contributed by atoms with Crippen LogP contribution in [-0.2, 0) is 5.75 Å². The van der Waals surface area contributed by atoms with Gasteiger partial charge in [0.25, 0.3) is 0 Å². The zero-order valence-electron chi connectivity index (χ0n) is 11.7. The normalized spacial score (nSPS) is 13.2. The number of nitrogen functional groups attached to an aromatic ring is 1. The number of rotatable bonds is 3. The maximum absolute atomic E-state index is 6.24. The van der Waals surface area contributed by atoms with Crippen LogP contribution >= 0.6 is 23.4 Å². The minimum Gasteiger partial charge on any atom is -0.486 e. The summed E-state index contributed by atoms with van der Waals surface area (Å²) >= 11 is 7.93. The molecule has 21 heavy (non-hydrogen) atoms. The molecule has 5 heteroatoms. The van der Waals surface area contributed by atoms with Gasteiger partial charge in [-0.1, -0.05) is 17.7 Å². The van der Waals surface area contributed by atoms with Crippen molar-refractivity contribution in [2.24, 2.45) is 0 Å². The zero-order chi connectivity index (χ0) is 14.8. The van der Waals surface area contributed by atoms with Crippen LogP contribution in [0.1, 0.15) is 11.1 Å². The molecule has 2 aromatic rings. The number of benzene rings is 2. The van der Waals surface area contributed by atoms with E-state index in [0.29, 0.717) is 24.0 Å². The molecule has 110 valence electrons. The minimum absolute atomic E-state index is 0.542. The molecule has 0 aromatic heterocycles. The number of thioether (sulfide) groups is 1. The van der Waals surface area contributed by atoms with Crippen LogP contribution in [0.5, 0.6) is 11.5 Å². The van der Waals surface area contributed by atoms with E-state index in [1.165, 1.54) is 5.56 Å². The van der Waals surface area contributed by atoms with Crippen molar-refractivity contribution in [1.82, 2.24) is 0 Å². The van der Waals surface area contributed by atoms with E-state index in [4.69, 9.17) is 26.8 Å². The maximum Gasteiger partial charge on any atom is 0.179 e. The van der Waals surface area contributed by atoms with E-state index in [2.05, 4.69) is 12.1 Å². The quantitative estimate of drug-likeness (QED) is 0.676. The lowest BCUT2D eigenvalue weighted by Crippen LogP contribution is -2.15. The second kappa shape index (κ2) is 6.08. The van der Waals surface area contributed by atoms with Gasteiger partial charge in [0.1, 0.15) is 13.2 Å². The van der Waals surface area contributed by atoms with Gasteiger partial charge in [-0.25, -0.2) is 0 Å². The standard InChI is InChI=1S/C16H16ClNO2S/c1-10-2-3-15(13(18)6-10)21-9-11-7-12(17)16-14(8-11)19-4-5-20-16/h2-3,6-8H,4-5,9,18H2,1H3. The molecule has 1 heterocycles. The molecule has 0 fully saturated rings. The van der Waals surface area contributed by atoms with E-state index < -0.39 is 0 Å². The summed E-state index contributed by atoms with van der Waals surface area (Å²) in [7, 11) is 0. The van der Waals surface area contributed by atoms with Crippen molar-refractivity contribution < 1.29 is 9.47 Å². The van der Waals surface area contributed by atoms with Crippen molar-refractivity contribution >= 4 is 29.1 Å².